The summed E-state index contributed by atoms with van der Waals surface area (Å²) >= 11 is 0. The van der Waals surface area contributed by atoms with Crippen molar-refractivity contribution in [2.24, 2.45) is 21.7 Å². The molecule has 1 atom stereocenters. The third-order valence-electron chi connectivity index (χ3n) is 4.25. The van der Waals surface area contributed by atoms with Gasteiger partial charge in [0.15, 0.2) is 0 Å². The van der Waals surface area contributed by atoms with Crippen LogP contribution in [0.2, 0.25) is 0 Å². The van der Waals surface area contributed by atoms with Crippen LogP contribution in [0, 0.1) is 6.92 Å². The molecule has 5 nitrogen and oxygen atoms in total. The summed E-state index contributed by atoms with van der Waals surface area (Å²) < 4.78 is 45.0. The minimum atomic E-state index is -4.54. The first kappa shape index (κ1) is 19.8. The minimum Gasteiger partial charge on any atom is -0.468 e. The zero-order valence-corrected chi connectivity index (χ0v) is 14.7. The second-order valence-electron chi connectivity index (χ2n) is 5.98. The molecule has 1 aromatic carbocycles. The molecule has 1 unspecified atom stereocenters. The van der Waals surface area contributed by atoms with Crippen molar-refractivity contribution in [2.75, 3.05) is 0 Å². The summed E-state index contributed by atoms with van der Waals surface area (Å²) in [5.41, 5.74) is 11.9. The maximum Gasteiger partial charge on any atom is 0.420 e. The lowest BCUT2D eigenvalue weighted by Gasteiger charge is -2.25. The molecule has 0 fully saturated rings. The number of hydrogen-bond acceptors (Lipinski definition) is 3. The van der Waals surface area contributed by atoms with E-state index in [-0.39, 0.29) is 47.7 Å². The molecule has 1 aliphatic carbocycles. The van der Waals surface area contributed by atoms with E-state index >= 15 is 0 Å². The van der Waals surface area contributed by atoms with Crippen LogP contribution in [0.1, 0.15) is 40.4 Å². The Morgan fingerprint density at radius 2 is 1.88 bits per heavy atom. The van der Waals surface area contributed by atoms with E-state index in [2.05, 4.69) is 10.2 Å². The average Bonchev–Trinajstić information content (AvgIpc) is 2.97. The number of hydrogen-bond donors (Lipinski definition) is 2. The maximum absolute atomic E-state index is 13.3. The fourth-order valence-electron chi connectivity index (χ4n) is 3.18. The van der Waals surface area contributed by atoms with Gasteiger partial charge in [-0.1, -0.05) is 24.3 Å². The number of nitrogens with two attached hydrogens (primary N) is 2. The topological polar surface area (TPSA) is 89.9 Å². The second-order valence-corrected chi connectivity index (χ2v) is 5.98. The van der Waals surface area contributed by atoms with Gasteiger partial charge in [-0.15, -0.1) is 17.5 Å². The average molecular weight is 387 g/mol. The van der Waals surface area contributed by atoms with Crippen LogP contribution < -0.4 is 11.5 Å². The van der Waals surface area contributed by atoms with Gasteiger partial charge in [-0.2, -0.15) is 18.3 Å². The normalized spacial score (nSPS) is 18.2. The van der Waals surface area contributed by atoms with E-state index < -0.39 is 11.7 Å². The Morgan fingerprint density at radius 1 is 1.19 bits per heavy atom. The summed E-state index contributed by atoms with van der Waals surface area (Å²) in [6, 6.07) is 7.72. The molecule has 1 aliphatic rings. The Balaban J connectivity index is 0.00000243. The lowest BCUT2D eigenvalue weighted by atomic mass is 9.80. The first-order valence-corrected chi connectivity index (χ1v) is 7.66. The molecule has 0 radical (unpaired) electrons. The summed E-state index contributed by atoms with van der Waals surface area (Å²) in [5, 5.41) is 7.42. The van der Waals surface area contributed by atoms with Crippen molar-refractivity contribution in [3.63, 3.8) is 0 Å². The van der Waals surface area contributed by atoms with Crippen molar-refractivity contribution >= 4 is 24.1 Å². The number of aryl methyl sites for hydroxylation is 1. The number of alkyl halides is 3. The molecule has 1 heterocycles. The third-order valence-corrected chi connectivity index (χ3v) is 4.25. The molecule has 0 spiro atoms. The number of halogens is 4. The van der Waals surface area contributed by atoms with Gasteiger partial charge in [0, 0.05) is 6.42 Å². The SMILES string of the molecule is Cc1ccccc1C1C/C(=N\N=C(N)N)c2c(C(F)(F)F)coc2C1.Cl. The molecule has 2 aromatic rings. The summed E-state index contributed by atoms with van der Waals surface area (Å²) in [7, 11) is 0. The third kappa shape index (κ3) is 3.85. The Labute approximate surface area is 154 Å². The summed E-state index contributed by atoms with van der Waals surface area (Å²) in [5.74, 6) is -0.130. The lowest BCUT2D eigenvalue weighted by Crippen LogP contribution is -2.24. The van der Waals surface area contributed by atoms with Gasteiger partial charge in [0.1, 0.15) is 17.6 Å². The Kier molecular flexibility index (Phi) is 5.65. The molecule has 0 aliphatic heterocycles. The van der Waals surface area contributed by atoms with Crippen molar-refractivity contribution in [2.45, 2.75) is 31.9 Å². The van der Waals surface area contributed by atoms with E-state index in [1.807, 2.05) is 31.2 Å². The Hall–Kier alpha value is -2.48. The molecular weight excluding hydrogens is 369 g/mol. The van der Waals surface area contributed by atoms with Crippen LogP contribution >= 0.6 is 12.4 Å². The smallest absolute Gasteiger partial charge is 0.420 e. The molecular formula is C17H18ClF3N4O. The molecule has 0 saturated heterocycles. The number of guanidine groups is 1. The highest BCUT2D eigenvalue weighted by Crippen LogP contribution is 2.42. The van der Waals surface area contributed by atoms with Gasteiger partial charge in [0.2, 0.25) is 5.96 Å². The minimum absolute atomic E-state index is 0. The standard InChI is InChI=1S/C17H17F3N4O.ClH/c1-9-4-2-3-5-11(9)10-6-13(23-24-16(21)22)15-12(17(18,19)20)8-25-14(15)7-10;/h2-5,8,10H,6-7H2,1H3,(H4,21,22,24);1H/b23-13+;. The van der Waals surface area contributed by atoms with Crippen molar-refractivity contribution in [1.82, 2.24) is 0 Å². The highest BCUT2D eigenvalue weighted by atomic mass is 35.5. The van der Waals surface area contributed by atoms with Crippen LogP contribution in [0.25, 0.3) is 0 Å². The first-order valence-electron chi connectivity index (χ1n) is 7.66. The molecule has 0 amide bonds. The predicted octanol–water partition coefficient (Wildman–Crippen LogP) is 3.74. The monoisotopic (exact) mass is 386 g/mol. The number of fused-ring (bicyclic) bond motifs is 1. The number of nitrogens with zero attached hydrogens (tertiary/aromatic N) is 2. The maximum atomic E-state index is 13.3. The van der Waals surface area contributed by atoms with Crippen molar-refractivity contribution in [3.05, 3.63) is 58.5 Å². The van der Waals surface area contributed by atoms with Crippen molar-refractivity contribution in [3.8, 4) is 0 Å². The molecule has 0 saturated carbocycles. The van der Waals surface area contributed by atoms with Crippen molar-refractivity contribution in [1.29, 1.82) is 0 Å². The number of rotatable bonds is 2. The fourth-order valence-corrected chi connectivity index (χ4v) is 3.18. The van der Waals surface area contributed by atoms with Crippen molar-refractivity contribution < 1.29 is 17.6 Å². The van der Waals surface area contributed by atoms with E-state index in [1.54, 1.807) is 0 Å². The quantitative estimate of drug-likeness (QED) is 0.468. The molecule has 0 bridgehead atoms. The van der Waals surface area contributed by atoms with Crippen LogP contribution in [-0.2, 0) is 12.6 Å². The van der Waals surface area contributed by atoms with E-state index in [0.29, 0.717) is 6.42 Å². The van der Waals surface area contributed by atoms with Gasteiger partial charge in [0.25, 0.3) is 0 Å². The molecule has 4 N–H and O–H groups in total. The lowest BCUT2D eigenvalue weighted by molar-refractivity contribution is -0.138. The van der Waals surface area contributed by atoms with E-state index in [4.69, 9.17) is 15.9 Å². The van der Waals surface area contributed by atoms with Crippen LogP contribution in [0.3, 0.4) is 0 Å². The molecule has 26 heavy (non-hydrogen) atoms. The summed E-state index contributed by atoms with van der Waals surface area (Å²) in [6.45, 7) is 1.96. The van der Waals surface area contributed by atoms with Gasteiger partial charge < -0.3 is 15.9 Å². The fraction of sp³-hybridized carbons (Fsp3) is 0.294. The Morgan fingerprint density at radius 3 is 2.50 bits per heavy atom. The molecule has 3 rings (SSSR count). The number of benzene rings is 1. The van der Waals surface area contributed by atoms with Crippen LogP contribution in [-0.4, -0.2) is 11.7 Å². The van der Waals surface area contributed by atoms with Gasteiger partial charge in [0.05, 0.1) is 11.3 Å². The van der Waals surface area contributed by atoms with Crippen LogP contribution in [0.15, 0.2) is 45.1 Å². The van der Waals surface area contributed by atoms with Crippen LogP contribution in [0.4, 0.5) is 13.2 Å². The zero-order valence-electron chi connectivity index (χ0n) is 13.9. The summed E-state index contributed by atoms with van der Waals surface area (Å²) in [4.78, 5) is 0. The predicted molar refractivity (Wildman–Crippen MR) is 95.5 cm³/mol. The van der Waals surface area contributed by atoms with Gasteiger partial charge in [-0.25, -0.2) is 0 Å². The largest absolute Gasteiger partial charge is 0.468 e. The first-order chi connectivity index (χ1) is 11.8. The highest BCUT2D eigenvalue weighted by molar-refractivity contribution is 6.04. The molecule has 140 valence electrons. The zero-order chi connectivity index (χ0) is 18.2. The van der Waals surface area contributed by atoms with Gasteiger partial charge >= 0.3 is 6.18 Å². The highest BCUT2D eigenvalue weighted by Gasteiger charge is 2.41. The van der Waals surface area contributed by atoms with E-state index in [0.717, 1.165) is 17.4 Å². The summed E-state index contributed by atoms with van der Waals surface area (Å²) in [6.07, 6.45) is -3.16. The van der Waals surface area contributed by atoms with Gasteiger partial charge in [-0.3, -0.25) is 0 Å². The Bertz CT molecular complexity index is 854. The van der Waals surface area contributed by atoms with Crippen LogP contribution in [0.5, 0.6) is 0 Å². The number of furan rings is 1. The molecule has 1 aromatic heterocycles. The second kappa shape index (κ2) is 7.41. The van der Waals surface area contributed by atoms with E-state index in [9.17, 15) is 13.2 Å². The van der Waals surface area contributed by atoms with E-state index in [1.165, 1.54) is 0 Å². The van der Waals surface area contributed by atoms with Gasteiger partial charge in [-0.05, 0) is 30.4 Å². The molecule has 9 heteroatoms.